The highest BCUT2D eigenvalue weighted by atomic mass is 35.5. The first kappa shape index (κ1) is 19.5. The van der Waals surface area contributed by atoms with E-state index in [1.165, 1.54) is 5.56 Å². The molecule has 1 aromatic carbocycles. The van der Waals surface area contributed by atoms with Gasteiger partial charge in [-0.3, -0.25) is 4.79 Å². The standard InChI is InChI=1S/C20H27N3O.ClH/c1-15-14-19(20(24)22-12-7-10-21-11-13-22)17(3)23(15)16(2)18-8-5-4-6-9-18;/h4-6,8-9,14,16,21H,7,10-13H2,1-3H3;1H. The molecule has 1 atom stereocenters. The Labute approximate surface area is 156 Å². The summed E-state index contributed by atoms with van der Waals surface area (Å²) in [6, 6.07) is 12.7. The quantitative estimate of drug-likeness (QED) is 0.907. The van der Waals surface area contributed by atoms with Crippen molar-refractivity contribution in [2.24, 2.45) is 0 Å². The van der Waals surface area contributed by atoms with E-state index in [1.807, 2.05) is 11.0 Å². The van der Waals surface area contributed by atoms with Crippen LogP contribution < -0.4 is 5.32 Å². The highest BCUT2D eigenvalue weighted by Gasteiger charge is 2.23. The minimum Gasteiger partial charge on any atom is -0.341 e. The zero-order valence-electron chi connectivity index (χ0n) is 15.3. The summed E-state index contributed by atoms with van der Waals surface area (Å²) in [4.78, 5) is 15.0. The van der Waals surface area contributed by atoms with E-state index in [2.05, 4.69) is 61.0 Å². The van der Waals surface area contributed by atoms with Crippen LogP contribution in [0.2, 0.25) is 0 Å². The maximum absolute atomic E-state index is 13.0. The van der Waals surface area contributed by atoms with Crippen LogP contribution in [0.1, 0.15) is 46.7 Å². The van der Waals surface area contributed by atoms with Gasteiger partial charge >= 0.3 is 0 Å². The van der Waals surface area contributed by atoms with Gasteiger partial charge in [0.05, 0.1) is 11.6 Å². The number of carbonyl (C=O) groups is 1. The smallest absolute Gasteiger partial charge is 0.255 e. The molecule has 1 aliphatic heterocycles. The molecule has 1 aromatic heterocycles. The third-order valence-electron chi connectivity index (χ3n) is 5.01. The molecule has 0 aliphatic carbocycles. The van der Waals surface area contributed by atoms with E-state index in [1.54, 1.807) is 0 Å². The fourth-order valence-corrected chi connectivity index (χ4v) is 3.69. The molecule has 1 fully saturated rings. The van der Waals surface area contributed by atoms with Gasteiger partial charge in [-0.1, -0.05) is 30.3 Å². The second-order valence-corrected chi connectivity index (χ2v) is 6.64. The fourth-order valence-electron chi connectivity index (χ4n) is 3.69. The van der Waals surface area contributed by atoms with E-state index < -0.39 is 0 Å². The summed E-state index contributed by atoms with van der Waals surface area (Å²) in [5, 5.41) is 3.36. The second-order valence-electron chi connectivity index (χ2n) is 6.64. The summed E-state index contributed by atoms with van der Waals surface area (Å²) in [5.41, 5.74) is 4.31. The monoisotopic (exact) mass is 361 g/mol. The molecule has 5 heteroatoms. The van der Waals surface area contributed by atoms with Crippen LogP contribution in [0.15, 0.2) is 36.4 Å². The minimum atomic E-state index is 0. The van der Waals surface area contributed by atoms with Gasteiger partial charge in [-0.15, -0.1) is 12.4 Å². The molecule has 0 bridgehead atoms. The van der Waals surface area contributed by atoms with Crippen LogP contribution in [0.4, 0.5) is 0 Å². The molecule has 0 saturated carbocycles. The summed E-state index contributed by atoms with van der Waals surface area (Å²) < 4.78 is 2.28. The molecule has 1 N–H and O–H groups in total. The van der Waals surface area contributed by atoms with Crippen LogP contribution in [-0.2, 0) is 0 Å². The summed E-state index contributed by atoms with van der Waals surface area (Å²) in [5.74, 6) is 0.165. The third kappa shape index (κ3) is 4.07. The van der Waals surface area contributed by atoms with Gasteiger partial charge in [0.15, 0.2) is 0 Å². The van der Waals surface area contributed by atoms with Crippen molar-refractivity contribution < 1.29 is 4.79 Å². The van der Waals surface area contributed by atoms with Crippen LogP contribution >= 0.6 is 12.4 Å². The Morgan fingerprint density at radius 1 is 1.12 bits per heavy atom. The fraction of sp³-hybridized carbons (Fsp3) is 0.450. The number of benzene rings is 1. The van der Waals surface area contributed by atoms with E-state index in [4.69, 9.17) is 0 Å². The molecule has 0 radical (unpaired) electrons. The number of hydrogen-bond donors (Lipinski definition) is 1. The van der Waals surface area contributed by atoms with Crippen LogP contribution in [0.25, 0.3) is 0 Å². The van der Waals surface area contributed by atoms with Crippen LogP contribution in [-0.4, -0.2) is 41.6 Å². The lowest BCUT2D eigenvalue weighted by Crippen LogP contribution is -2.34. The Bertz CT molecular complexity index is 703. The van der Waals surface area contributed by atoms with E-state index in [-0.39, 0.29) is 24.4 Å². The first-order valence-electron chi connectivity index (χ1n) is 8.83. The SMILES string of the molecule is Cc1cc(C(=O)N2CCCNCC2)c(C)n1C(C)c1ccccc1.Cl. The van der Waals surface area contributed by atoms with Crippen LogP contribution in [0.3, 0.4) is 0 Å². The number of aryl methyl sites for hydroxylation is 1. The van der Waals surface area contributed by atoms with E-state index in [0.717, 1.165) is 49.6 Å². The number of rotatable bonds is 3. The first-order valence-corrected chi connectivity index (χ1v) is 8.83. The third-order valence-corrected chi connectivity index (χ3v) is 5.01. The van der Waals surface area contributed by atoms with Crippen molar-refractivity contribution in [3.05, 3.63) is 58.9 Å². The Hall–Kier alpha value is -1.78. The molecular weight excluding hydrogens is 334 g/mol. The first-order chi connectivity index (χ1) is 11.6. The largest absolute Gasteiger partial charge is 0.341 e. The van der Waals surface area contributed by atoms with Crippen molar-refractivity contribution in [1.29, 1.82) is 0 Å². The molecular formula is C20H28ClN3O. The molecule has 4 nitrogen and oxygen atoms in total. The molecule has 1 unspecified atom stereocenters. The molecule has 1 amide bonds. The number of carbonyl (C=O) groups excluding carboxylic acids is 1. The Balaban J connectivity index is 0.00000225. The molecule has 1 saturated heterocycles. The van der Waals surface area contributed by atoms with Gasteiger partial charge in [0, 0.05) is 31.0 Å². The van der Waals surface area contributed by atoms with Crippen molar-refractivity contribution in [2.75, 3.05) is 26.2 Å². The lowest BCUT2D eigenvalue weighted by Gasteiger charge is -2.21. The zero-order chi connectivity index (χ0) is 17.1. The molecule has 136 valence electrons. The van der Waals surface area contributed by atoms with E-state index in [9.17, 15) is 4.79 Å². The number of nitrogens with one attached hydrogen (secondary N) is 1. The lowest BCUT2D eigenvalue weighted by molar-refractivity contribution is 0.0765. The summed E-state index contributed by atoms with van der Waals surface area (Å²) in [6.45, 7) is 9.85. The lowest BCUT2D eigenvalue weighted by atomic mass is 10.1. The van der Waals surface area contributed by atoms with Crippen molar-refractivity contribution in [3.8, 4) is 0 Å². The summed E-state index contributed by atoms with van der Waals surface area (Å²) in [7, 11) is 0. The topological polar surface area (TPSA) is 37.3 Å². The average molecular weight is 362 g/mol. The number of aromatic nitrogens is 1. The summed E-state index contributed by atoms with van der Waals surface area (Å²) >= 11 is 0. The van der Waals surface area contributed by atoms with E-state index >= 15 is 0 Å². The normalized spacial score (nSPS) is 16.0. The predicted molar refractivity (Wildman–Crippen MR) is 105 cm³/mol. The average Bonchev–Trinajstić information content (AvgIpc) is 2.79. The predicted octanol–water partition coefficient (Wildman–Crippen LogP) is 3.57. The van der Waals surface area contributed by atoms with Gasteiger partial charge in [0.25, 0.3) is 5.91 Å². The van der Waals surface area contributed by atoms with Crippen LogP contribution in [0.5, 0.6) is 0 Å². The number of halogens is 1. The minimum absolute atomic E-state index is 0. The Morgan fingerprint density at radius 2 is 1.84 bits per heavy atom. The number of nitrogens with zero attached hydrogens (tertiary/aromatic N) is 2. The Morgan fingerprint density at radius 3 is 2.56 bits per heavy atom. The molecule has 25 heavy (non-hydrogen) atoms. The number of amides is 1. The molecule has 2 aromatic rings. The molecule has 2 heterocycles. The second kappa shape index (κ2) is 8.54. The molecule has 0 spiro atoms. The van der Waals surface area contributed by atoms with Crippen molar-refractivity contribution in [3.63, 3.8) is 0 Å². The van der Waals surface area contributed by atoms with Crippen molar-refractivity contribution >= 4 is 18.3 Å². The van der Waals surface area contributed by atoms with Gasteiger partial charge < -0.3 is 14.8 Å². The number of hydrogen-bond acceptors (Lipinski definition) is 2. The van der Waals surface area contributed by atoms with Gasteiger partial charge in [0.2, 0.25) is 0 Å². The maximum Gasteiger partial charge on any atom is 0.255 e. The van der Waals surface area contributed by atoms with Crippen molar-refractivity contribution in [1.82, 2.24) is 14.8 Å². The highest BCUT2D eigenvalue weighted by molar-refractivity contribution is 5.95. The Kier molecular flexibility index (Phi) is 6.68. The molecule has 3 rings (SSSR count). The van der Waals surface area contributed by atoms with Crippen LogP contribution in [0, 0.1) is 13.8 Å². The summed E-state index contributed by atoms with van der Waals surface area (Å²) in [6.07, 6.45) is 1.02. The van der Waals surface area contributed by atoms with Gasteiger partial charge in [-0.25, -0.2) is 0 Å². The molecule has 1 aliphatic rings. The zero-order valence-corrected chi connectivity index (χ0v) is 16.1. The van der Waals surface area contributed by atoms with Gasteiger partial charge in [-0.05, 0) is 45.4 Å². The van der Waals surface area contributed by atoms with Gasteiger partial charge in [0.1, 0.15) is 0 Å². The highest BCUT2D eigenvalue weighted by Crippen LogP contribution is 2.26. The van der Waals surface area contributed by atoms with Gasteiger partial charge in [-0.2, -0.15) is 0 Å². The van der Waals surface area contributed by atoms with Crippen molar-refractivity contribution in [2.45, 2.75) is 33.2 Å². The maximum atomic E-state index is 13.0. The van der Waals surface area contributed by atoms with E-state index in [0.29, 0.717) is 0 Å².